The zero-order valence-corrected chi connectivity index (χ0v) is 9.92. The summed E-state index contributed by atoms with van der Waals surface area (Å²) in [6, 6.07) is 4.15. The zero-order valence-electron chi connectivity index (χ0n) is 6.26. The monoisotopic (exact) mass is 228 g/mol. The Balaban J connectivity index is 0.000000810. The Morgan fingerprint density at radius 3 is 2.90 bits per heavy atom. The van der Waals surface area contributed by atoms with E-state index in [4.69, 9.17) is 0 Å². The SMILES string of the molecule is CCCCc1cc[c-]s1.[Y]. The van der Waals surface area contributed by atoms with Crippen molar-refractivity contribution in [3.8, 4) is 0 Å². The predicted octanol–water partition coefficient (Wildman–Crippen LogP) is 2.89. The maximum absolute atomic E-state index is 3.08. The van der Waals surface area contributed by atoms with Gasteiger partial charge in [-0.2, -0.15) is 6.07 Å². The van der Waals surface area contributed by atoms with Gasteiger partial charge in [-0.05, 0) is 0 Å². The second-order valence-electron chi connectivity index (χ2n) is 2.12. The molecule has 53 valence electrons. The Labute approximate surface area is 91.9 Å². The van der Waals surface area contributed by atoms with Crippen molar-refractivity contribution in [2.45, 2.75) is 26.2 Å². The van der Waals surface area contributed by atoms with Crippen LogP contribution >= 0.6 is 11.3 Å². The van der Waals surface area contributed by atoms with E-state index < -0.39 is 0 Å². The number of rotatable bonds is 3. The van der Waals surface area contributed by atoms with Crippen LogP contribution in [-0.4, -0.2) is 0 Å². The van der Waals surface area contributed by atoms with Gasteiger partial charge in [-0.1, -0.05) is 26.2 Å². The first-order chi connectivity index (χ1) is 4.43. The number of aryl methyl sites for hydroxylation is 1. The molecular formula is C8H11SY-. The van der Waals surface area contributed by atoms with E-state index in [1.54, 1.807) is 11.3 Å². The van der Waals surface area contributed by atoms with Gasteiger partial charge in [-0.15, -0.1) is 10.3 Å². The minimum Gasteiger partial charge on any atom is -0.300 e. The van der Waals surface area contributed by atoms with Crippen molar-refractivity contribution >= 4 is 11.3 Å². The fourth-order valence-electron chi connectivity index (χ4n) is 0.756. The summed E-state index contributed by atoms with van der Waals surface area (Å²) < 4.78 is 0. The molecule has 0 aliphatic heterocycles. The van der Waals surface area contributed by atoms with Crippen molar-refractivity contribution in [2.75, 3.05) is 0 Å². The van der Waals surface area contributed by atoms with Crippen molar-refractivity contribution in [1.29, 1.82) is 0 Å². The first kappa shape index (κ1) is 10.8. The molecule has 2 heteroatoms. The Hall–Kier alpha value is 0.804. The van der Waals surface area contributed by atoms with E-state index >= 15 is 0 Å². The third-order valence-electron chi connectivity index (χ3n) is 1.30. The molecule has 0 amide bonds. The first-order valence-electron chi connectivity index (χ1n) is 3.38. The minimum atomic E-state index is 0. The normalized spacial score (nSPS) is 8.90. The largest absolute Gasteiger partial charge is 0.300 e. The quantitative estimate of drug-likeness (QED) is 0.698. The molecule has 0 N–H and O–H groups in total. The van der Waals surface area contributed by atoms with Crippen molar-refractivity contribution in [2.24, 2.45) is 0 Å². The molecule has 1 radical (unpaired) electrons. The summed E-state index contributed by atoms with van der Waals surface area (Å²) >= 11 is 1.74. The average molecular weight is 228 g/mol. The fraction of sp³-hybridized carbons (Fsp3) is 0.500. The number of hydrogen-bond acceptors (Lipinski definition) is 1. The Kier molecular flexibility index (Phi) is 7.03. The number of hydrogen-bond donors (Lipinski definition) is 0. The summed E-state index contributed by atoms with van der Waals surface area (Å²) in [6.45, 7) is 2.22. The molecule has 0 saturated heterocycles. The van der Waals surface area contributed by atoms with Crippen molar-refractivity contribution < 1.29 is 32.7 Å². The standard InChI is InChI=1S/C8H11S.Y/c1-2-3-5-8-6-4-7-9-8;/h4,6H,2-3,5H2,1H3;/q-1;. The molecule has 0 aliphatic carbocycles. The van der Waals surface area contributed by atoms with Crippen LogP contribution in [0.5, 0.6) is 0 Å². The van der Waals surface area contributed by atoms with Crippen molar-refractivity contribution in [3.05, 3.63) is 22.4 Å². The van der Waals surface area contributed by atoms with Crippen LogP contribution in [0.1, 0.15) is 24.6 Å². The van der Waals surface area contributed by atoms with Crippen LogP contribution in [0.2, 0.25) is 0 Å². The molecule has 0 atom stereocenters. The molecule has 1 rings (SSSR count). The van der Waals surface area contributed by atoms with Crippen LogP contribution in [-0.2, 0) is 39.1 Å². The van der Waals surface area contributed by atoms with Gasteiger partial charge in [-0.25, -0.2) is 6.07 Å². The van der Waals surface area contributed by atoms with Crippen LogP contribution in [0.25, 0.3) is 0 Å². The second-order valence-corrected chi connectivity index (χ2v) is 3.09. The van der Waals surface area contributed by atoms with Crippen LogP contribution < -0.4 is 0 Å². The molecule has 1 aromatic heterocycles. The molecule has 0 aromatic carbocycles. The van der Waals surface area contributed by atoms with Gasteiger partial charge in [0, 0.05) is 32.7 Å². The molecular weight excluding hydrogens is 217 g/mol. The van der Waals surface area contributed by atoms with E-state index in [1.807, 2.05) is 6.07 Å². The zero-order chi connectivity index (χ0) is 6.53. The Morgan fingerprint density at radius 1 is 1.60 bits per heavy atom. The Bertz CT molecular complexity index is 146. The summed E-state index contributed by atoms with van der Waals surface area (Å²) in [7, 11) is 0. The second kappa shape index (κ2) is 6.51. The number of thiophene rings is 1. The van der Waals surface area contributed by atoms with E-state index in [0.29, 0.717) is 0 Å². The maximum atomic E-state index is 3.08. The third-order valence-corrected chi connectivity index (χ3v) is 2.16. The molecule has 1 aromatic rings. The van der Waals surface area contributed by atoms with E-state index in [1.165, 1.54) is 24.1 Å². The molecule has 0 bridgehead atoms. The van der Waals surface area contributed by atoms with Gasteiger partial charge in [0.05, 0.1) is 0 Å². The topological polar surface area (TPSA) is 0 Å². The molecule has 10 heavy (non-hydrogen) atoms. The third kappa shape index (κ3) is 3.85. The van der Waals surface area contributed by atoms with Gasteiger partial charge in [0.2, 0.25) is 0 Å². The summed E-state index contributed by atoms with van der Waals surface area (Å²) in [5.74, 6) is 0. The van der Waals surface area contributed by atoms with Gasteiger partial charge < -0.3 is 11.3 Å². The van der Waals surface area contributed by atoms with Gasteiger partial charge in [0.15, 0.2) is 0 Å². The van der Waals surface area contributed by atoms with E-state index in [-0.39, 0.29) is 32.7 Å². The van der Waals surface area contributed by atoms with Crippen LogP contribution in [0, 0.1) is 5.38 Å². The smallest absolute Gasteiger partial charge is 0 e. The minimum absolute atomic E-state index is 0. The van der Waals surface area contributed by atoms with Gasteiger partial charge >= 0.3 is 0 Å². The van der Waals surface area contributed by atoms with Crippen LogP contribution in [0.15, 0.2) is 12.1 Å². The maximum Gasteiger partial charge on any atom is 0 e. The van der Waals surface area contributed by atoms with Crippen molar-refractivity contribution in [1.82, 2.24) is 0 Å². The molecule has 0 saturated carbocycles. The molecule has 0 unspecified atom stereocenters. The molecule has 0 nitrogen and oxygen atoms in total. The van der Waals surface area contributed by atoms with Crippen LogP contribution in [0.4, 0.5) is 0 Å². The van der Waals surface area contributed by atoms with E-state index in [0.717, 1.165) is 0 Å². The van der Waals surface area contributed by atoms with Crippen molar-refractivity contribution in [3.63, 3.8) is 0 Å². The number of unbranched alkanes of at least 4 members (excludes halogenated alkanes) is 1. The van der Waals surface area contributed by atoms with E-state index in [9.17, 15) is 0 Å². The van der Waals surface area contributed by atoms with Gasteiger partial charge in [0.25, 0.3) is 0 Å². The predicted molar refractivity (Wildman–Crippen MR) is 41.8 cm³/mol. The summed E-state index contributed by atoms with van der Waals surface area (Å²) in [6.07, 6.45) is 3.84. The first-order valence-corrected chi connectivity index (χ1v) is 4.20. The van der Waals surface area contributed by atoms with E-state index in [2.05, 4.69) is 18.4 Å². The molecule has 1 heterocycles. The Morgan fingerprint density at radius 2 is 2.40 bits per heavy atom. The molecule has 0 spiro atoms. The molecule has 0 fully saturated rings. The summed E-state index contributed by atoms with van der Waals surface area (Å²) in [5, 5.41) is 3.08. The fourth-order valence-corrected chi connectivity index (χ4v) is 1.43. The summed E-state index contributed by atoms with van der Waals surface area (Å²) in [4.78, 5) is 1.47. The van der Waals surface area contributed by atoms with Gasteiger partial charge in [-0.3, -0.25) is 0 Å². The van der Waals surface area contributed by atoms with Gasteiger partial charge in [0.1, 0.15) is 0 Å². The summed E-state index contributed by atoms with van der Waals surface area (Å²) in [5.41, 5.74) is 0. The van der Waals surface area contributed by atoms with Crippen LogP contribution in [0.3, 0.4) is 0 Å². The molecule has 0 aliphatic rings. The average Bonchev–Trinajstić information content (AvgIpc) is 2.34.